The molecule has 0 fully saturated rings. The van der Waals surface area contributed by atoms with E-state index in [2.05, 4.69) is 15.5 Å². The van der Waals surface area contributed by atoms with Gasteiger partial charge in [0.25, 0.3) is 0 Å². The largest absolute Gasteiger partial charge is 0.309 e. The van der Waals surface area contributed by atoms with Gasteiger partial charge in [0.05, 0.1) is 10.5 Å². The van der Waals surface area contributed by atoms with Crippen LogP contribution in [-0.4, -0.2) is 16.1 Å². The molecular weight excluding hydrogens is 329 g/mol. The average Bonchev–Trinajstić information content (AvgIpc) is 2.97. The Hall–Kier alpha value is -2.40. The number of nitrogens with one attached hydrogen (secondary N) is 2. The third-order valence-electron chi connectivity index (χ3n) is 3.83. The Morgan fingerprint density at radius 1 is 1.25 bits per heavy atom. The fourth-order valence-corrected chi connectivity index (χ4v) is 2.68. The number of hydrogen-bond acceptors (Lipinski definition) is 2. The van der Waals surface area contributed by atoms with Crippen molar-refractivity contribution in [2.24, 2.45) is 0 Å². The van der Waals surface area contributed by atoms with Gasteiger partial charge in [-0.05, 0) is 41.8 Å². The third-order valence-corrected chi connectivity index (χ3v) is 4.12. The first-order valence-corrected chi connectivity index (χ1v) is 8.19. The smallest absolute Gasteiger partial charge is 0.225 e. The molecule has 0 radical (unpaired) electrons. The molecule has 0 saturated heterocycles. The number of fused-ring (bicyclic) bond motifs is 1. The highest BCUT2D eigenvalue weighted by Gasteiger charge is 2.11. The van der Waals surface area contributed by atoms with Crippen LogP contribution in [-0.2, 0) is 4.79 Å². The van der Waals surface area contributed by atoms with E-state index >= 15 is 0 Å². The van der Waals surface area contributed by atoms with Crippen molar-refractivity contribution in [3.8, 4) is 11.1 Å². The van der Waals surface area contributed by atoms with Gasteiger partial charge in [0.2, 0.25) is 5.91 Å². The van der Waals surface area contributed by atoms with Crippen LogP contribution in [0.5, 0.6) is 0 Å². The minimum atomic E-state index is -0.444. The molecule has 1 amide bonds. The first-order valence-electron chi connectivity index (χ1n) is 7.82. The van der Waals surface area contributed by atoms with Crippen LogP contribution >= 0.6 is 11.6 Å². The van der Waals surface area contributed by atoms with Crippen molar-refractivity contribution >= 4 is 34.2 Å². The fraction of sp³-hybridized carbons (Fsp3) is 0.222. The van der Waals surface area contributed by atoms with Crippen molar-refractivity contribution in [2.45, 2.75) is 26.2 Å². The molecule has 0 aliphatic rings. The SMILES string of the molecule is CCCCC(=O)Nc1n[nH]c2cc(-c3ccc(F)c(Cl)c3)ccc12. The normalized spacial score (nSPS) is 11.0. The van der Waals surface area contributed by atoms with E-state index in [1.165, 1.54) is 6.07 Å². The second-order valence-electron chi connectivity index (χ2n) is 5.61. The quantitative estimate of drug-likeness (QED) is 0.671. The number of halogens is 2. The predicted octanol–water partition coefficient (Wildman–Crippen LogP) is 5.15. The number of carbonyl (C=O) groups excluding carboxylic acids is 1. The summed E-state index contributed by atoms with van der Waals surface area (Å²) in [6.07, 6.45) is 2.30. The molecule has 1 heterocycles. The lowest BCUT2D eigenvalue weighted by Gasteiger charge is -2.04. The maximum absolute atomic E-state index is 13.3. The van der Waals surface area contributed by atoms with Crippen molar-refractivity contribution in [2.75, 3.05) is 5.32 Å². The minimum Gasteiger partial charge on any atom is -0.309 e. The fourth-order valence-electron chi connectivity index (χ4n) is 2.50. The molecule has 0 saturated carbocycles. The van der Waals surface area contributed by atoms with Gasteiger partial charge in [-0.3, -0.25) is 9.89 Å². The number of benzene rings is 2. The van der Waals surface area contributed by atoms with E-state index in [0.29, 0.717) is 12.2 Å². The molecule has 0 spiro atoms. The van der Waals surface area contributed by atoms with E-state index in [1.807, 2.05) is 25.1 Å². The van der Waals surface area contributed by atoms with Crippen molar-refractivity contribution in [1.82, 2.24) is 10.2 Å². The molecular formula is C18H17ClFN3O. The van der Waals surface area contributed by atoms with Gasteiger partial charge in [0.1, 0.15) is 5.82 Å². The lowest BCUT2D eigenvalue weighted by atomic mass is 10.0. The van der Waals surface area contributed by atoms with E-state index in [9.17, 15) is 9.18 Å². The lowest BCUT2D eigenvalue weighted by Crippen LogP contribution is -2.11. The third kappa shape index (κ3) is 3.41. The summed E-state index contributed by atoms with van der Waals surface area (Å²) in [7, 11) is 0. The molecule has 1 aromatic heterocycles. The number of aromatic amines is 1. The zero-order valence-corrected chi connectivity index (χ0v) is 14.0. The van der Waals surface area contributed by atoms with Gasteiger partial charge in [-0.25, -0.2) is 4.39 Å². The van der Waals surface area contributed by atoms with Gasteiger partial charge < -0.3 is 5.32 Å². The standard InChI is InChI=1S/C18H17ClFN3O/c1-2-3-4-17(24)21-18-13-7-5-12(10-16(13)22-23-18)11-6-8-15(20)14(19)9-11/h5-10H,2-4H2,1H3,(H2,21,22,23,24). The summed E-state index contributed by atoms with van der Waals surface area (Å²) >= 11 is 5.84. The lowest BCUT2D eigenvalue weighted by molar-refractivity contribution is -0.116. The zero-order valence-electron chi connectivity index (χ0n) is 13.2. The topological polar surface area (TPSA) is 57.8 Å². The van der Waals surface area contributed by atoms with E-state index in [4.69, 9.17) is 11.6 Å². The summed E-state index contributed by atoms with van der Waals surface area (Å²) in [4.78, 5) is 11.9. The van der Waals surface area contributed by atoms with Crippen LogP contribution in [0.2, 0.25) is 5.02 Å². The second-order valence-corrected chi connectivity index (χ2v) is 6.02. The van der Waals surface area contributed by atoms with Gasteiger partial charge in [0, 0.05) is 11.8 Å². The second kappa shape index (κ2) is 7.01. The van der Waals surface area contributed by atoms with Gasteiger partial charge in [-0.2, -0.15) is 5.10 Å². The molecule has 2 N–H and O–H groups in total. The van der Waals surface area contributed by atoms with Crippen LogP contribution in [0.25, 0.3) is 22.0 Å². The monoisotopic (exact) mass is 345 g/mol. The number of unbranched alkanes of at least 4 members (excludes halogenated alkanes) is 1. The van der Waals surface area contributed by atoms with Crippen LogP contribution in [0.4, 0.5) is 10.2 Å². The van der Waals surface area contributed by atoms with E-state index in [-0.39, 0.29) is 10.9 Å². The molecule has 3 aromatic rings. The number of H-pyrrole nitrogens is 1. The Bertz CT molecular complexity index is 891. The summed E-state index contributed by atoms with van der Waals surface area (Å²) in [5.74, 6) is 0.0366. The zero-order chi connectivity index (χ0) is 17.1. The Balaban J connectivity index is 1.87. The highest BCUT2D eigenvalue weighted by Crippen LogP contribution is 2.29. The number of rotatable bonds is 5. The number of hydrogen-bond donors (Lipinski definition) is 2. The van der Waals surface area contributed by atoms with Gasteiger partial charge in [-0.15, -0.1) is 0 Å². The molecule has 124 valence electrons. The van der Waals surface area contributed by atoms with Crippen LogP contribution in [0.1, 0.15) is 26.2 Å². The number of nitrogens with zero attached hydrogens (tertiary/aromatic N) is 1. The maximum Gasteiger partial charge on any atom is 0.225 e. The van der Waals surface area contributed by atoms with Crippen molar-refractivity contribution in [3.63, 3.8) is 0 Å². The number of anilines is 1. The maximum atomic E-state index is 13.3. The average molecular weight is 346 g/mol. The number of carbonyl (C=O) groups is 1. The Morgan fingerprint density at radius 2 is 2.00 bits per heavy atom. The molecule has 6 heteroatoms. The van der Waals surface area contributed by atoms with E-state index < -0.39 is 5.82 Å². The Labute approximate surface area is 144 Å². The molecule has 0 aliphatic carbocycles. The predicted molar refractivity (Wildman–Crippen MR) is 94.7 cm³/mol. The summed E-state index contributed by atoms with van der Waals surface area (Å²) in [5.41, 5.74) is 2.49. The molecule has 0 unspecified atom stereocenters. The summed E-state index contributed by atoms with van der Waals surface area (Å²) < 4.78 is 13.3. The minimum absolute atomic E-state index is 0.0420. The van der Waals surface area contributed by atoms with E-state index in [1.54, 1.807) is 12.1 Å². The first-order chi connectivity index (χ1) is 11.6. The Morgan fingerprint density at radius 3 is 2.75 bits per heavy atom. The number of aromatic nitrogens is 2. The molecule has 0 atom stereocenters. The molecule has 4 nitrogen and oxygen atoms in total. The molecule has 24 heavy (non-hydrogen) atoms. The van der Waals surface area contributed by atoms with Crippen molar-refractivity contribution in [3.05, 3.63) is 47.2 Å². The van der Waals surface area contributed by atoms with Crippen molar-refractivity contribution < 1.29 is 9.18 Å². The summed E-state index contributed by atoms with van der Waals surface area (Å²) in [5, 5.41) is 10.8. The van der Waals surface area contributed by atoms with Crippen LogP contribution in [0.15, 0.2) is 36.4 Å². The molecule has 2 aromatic carbocycles. The summed E-state index contributed by atoms with van der Waals surface area (Å²) in [6, 6.07) is 10.3. The highest BCUT2D eigenvalue weighted by atomic mass is 35.5. The first kappa shape index (κ1) is 16.5. The molecule has 3 rings (SSSR count). The molecule has 0 bridgehead atoms. The highest BCUT2D eigenvalue weighted by molar-refractivity contribution is 6.31. The van der Waals surface area contributed by atoms with Gasteiger partial charge in [-0.1, -0.05) is 37.1 Å². The van der Waals surface area contributed by atoms with Crippen LogP contribution in [0, 0.1) is 5.82 Å². The van der Waals surface area contributed by atoms with E-state index in [0.717, 1.165) is 34.9 Å². The van der Waals surface area contributed by atoms with Crippen molar-refractivity contribution in [1.29, 1.82) is 0 Å². The van der Waals surface area contributed by atoms with Crippen LogP contribution in [0.3, 0.4) is 0 Å². The molecule has 0 aliphatic heterocycles. The van der Waals surface area contributed by atoms with Gasteiger partial charge in [0.15, 0.2) is 5.82 Å². The van der Waals surface area contributed by atoms with Gasteiger partial charge >= 0.3 is 0 Å². The Kier molecular flexibility index (Phi) is 4.81. The number of amides is 1. The van der Waals surface area contributed by atoms with Crippen LogP contribution < -0.4 is 5.32 Å². The summed E-state index contributed by atoms with van der Waals surface area (Å²) in [6.45, 7) is 2.04.